The molecule has 0 unspecified atom stereocenters. The number of anilines is 2. The Balaban J connectivity index is 1.42. The van der Waals surface area contributed by atoms with Crippen molar-refractivity contribution in [1.82, 2.24) is 20.2 Å². The molecule has 0 atom stereocenters. The van der Waals surface area contributed by atoms with Gasteiger partial charge in [-0.15, -0.1) is 16.4 Å². The van der Waals surface area contributed by atoms with Crippen LogP contribution in [0, 0.1) is 12.7 Å². The van der Waals surface area contributed by atoms with Gasteiger partial charge in [0.2, 0.25) is 5.91 Å². The Bertz CT molecular complexity index is 1350. The van der Waals surface area contributed by atoms with E-state index in [4.69, 9.17) is 0 Å². The largest absolute Gasteiger partial charge is 0.323 e. The minimum Gasteiger partial charge on any atom is -0.323 e. The second kappa shape index (κ2) is 8.85. The smallest absolute Gasteiger partial charge is 0.271 e. The molecule has 32 heavy (non-hydrogen) atoms. The average Bonchev–Trinajstić information content (AvgIpc) is 3.43. The summed E-state index contributed by atoms with van der Waals surface area (Å²) in [7, 11) is -3.65. The molecule has 4 rings (SSSR count). The molecule has 4 aromatic rings. The fraction of sp³-hybridized carbons (Fsp3) is 0.100. The molecule has 2 N–H and O–H groups in total. The van der Waals surface area contributed by atoms with E-state index in [2.05, 4.69) is 25.6 Å². The van der Waals surface area contributed by atoms with Gasteiger partial charge in [-0.2, -0.15) is 4.68 Å². The third kappa shape index (κ3) is 4.81. The maximum Gasteiger partial charge on any atom is 0.271 e. The number of hydrogen-bond acceptors (Lipinski definition) is 7. The lowest BCUT2D eigenvalue weighted by molar-refractivity contribution is -0.115. The summed E-state index contributed by atoms with van der Waals surface area (Å²) < 4.78 is 42.9. The number of benzene rings is 2. The first kappa shape index (κ1) is 21.6. The van der Waals surface area contributed by atoms with Crippen molar-refractivity contribution < 1.29 is 17.6 Å². The number of aryl methyl sites for hydroxylation is 1. The molecule has 1 amide bonds. The van der Waals surface area contributed by atoms with Crippen molar-refractivity contribution in [3.63, 3.8) is 0 Å². The Morgan fingerprint density at radius 2 is 1.94 bits per heavy atom. The van der Waals surface area contributed by atoms with Crippen LogP contribution in [0.3, 0.4) is 0 Å². The van der Waals surface area contributed by atoms with Gasteiger partial charge in [0, 0.05) is 5.69 Å². The highest BCUT2D eigenvalue weighted by Gasteiger charge is 2.15. The zero-order valence-corrected chi connectivity index (χ0v) is 18.3. The highest BCUT2D eigenvalue weighted by Crippen LogP contribution is 2.22. The van der Waals surface area contributed by atoms with Crippen molar-refractivity contribution >= 4 is 38.6 Å². The molecular formula is C20H17FN6O3S2. The Labute approximate surface area is 187 Å². The minimum absolute atomic E-state index is 0.00253. The first-order chi connectivity index (χ1) is 15.3. The van der Waals surface area contributed by atoms with Gasteiger partial charge in [0.1, 0.15) is 10.0 Å². The summed E-state index contributed by atoms with van der Waals surface area (Å²) in [4.78, 5) is 12.4. The van der Waals surface area contributed by atoms with Crippen molar-refractivity contribution in [2.75, 3.05) is 10.0 Å². The van der Waals surface area contributed by atoms with Gasteiger partial charge in [-0.25, -0.2) is 12.8 Å². The number of sulfonamides is 1. The Hall–Kier alpha value is -3.64. The molecular weight excluding hydrogens is 455 g/mol. The summed E-state index contributed by atoms with van der Waals surface area (Å²) in [5.41, 5.74) is 1.52. The van der Waals surface area contributed by atoms with Crippen LogP contribution in [0.2, 0.25) is 0 Å². The summed E-state index contributed by atoms with van der Waals surface area (Å²) in [6.07, 6.45) is -0.0223. The zero-order chi connectivity index (χ0) is 22.7. The van der Waals surface area contributed by atoms with Crippen molar-refractivity contribution in [3.05, 3.63) is 77.2 Å². The van der Waals surface area contributed by atoms with E-state index in [0.717, 1.165) is 11.3 Å². The lowest BCUT2D eigenvalue weighted by Gasteiger charge is -2.10. The monoisotopic (exact) mass is 472 g/mol. The Morgan fingerprint density at radius 3 is 2.59 bits per heavy atom. The standard InChI is InChI=1S/C20H17FN6O3S2/c1-13-23-25-26-27(13)16-8-9-17(21)18(12-16)22-19(28)11-14-4-6-15(7-5-14)24-32(29,30)20-3-2-10-31-20/h2-10,12,24H,11H2,1H3,(H,22,28). The van der Waals surface area contributed by atoms with Crippen molar-refractivity contribution in [2.24, 2.45) is 0 Å². The molecule has 164 valence electrons. The van der Waals surface area contributed by atoms with Gasteiger partial charge in [-0.1, -0.05) is 18.2 Å². The molecule has 0 aliphatic heterocycles. The second-order valence-electron chi connectivity index (χ2n) is 6.76. The molecule has 0 fully saturated rings. The number of thiophene rings is 1. The number of hydrogen-bond donors (Lipinski definition) is 2. The summed E-state index contributed by atoms with van der Waals surface area (Å²) in [6.45, 7) is 1.70. The molecule has 0 aliphatic carbocycles. The van der Waals surface area contributed by atoms with Crippen LogP contribution in [0.5, 0.6) is 0 Å². The number of amides is 1. The average molecular weight is 473 g/mol. The third-order valence-electron chi connectivity index (χ3n) is 4.42. The first-order valence-electron chi connectivity index (χ1n) is 9.32. The van der Waals surface area contributed by atoms with E-state index in [0.29, 0.717) is 22.8 Å². The minimum atomic E-state index is -3.65. The normalized spacial score (nSPS) is 11.3. The summed E-state index contributed by atoms with van der Waals surface area (Å²) in [5, 5.41) is 15.4. The molecule has 0 saturated carbocycles. The van der Waals surface area contributed by atoms with E-state index in [9.17, 15) is 17.6 Å². The molecule has 2 aromatic heterocycles. The van der Waals surface area contributed by atoms with E-state index in [1.807, 2.05) is 0 Å². The van der Waals surface area contributed by atoms with Crippen molar-refractivity contribution in [1.29, 1.82) is 0 Å². The lowest BCUT2D eigenvalue weighted by Crippen LogP contribution is -2.16. The zero-order valence-electron chi connectivity index (χ0n) is 16.7. The van der Waals surface area contributed by atoms with Crippen LogP contribution in [0.15, 0.2) is 64.2 Å². The molecule has 0 aliphatic rings. The van der Waals surface area contributed by atoms with Crippen LogP contribution in [-0.2, 0) is 21.2 Å². The molecule has 9 nitrogen and oxygen atoms in total. The van der Waals surface area contributed by atoms with E-state index in [-0.39, 0.29) is 16.3 Å². The molecule has 0 saturated heterocycles. The van der Waals surface area contributed by atoms with Crippen LogP contribution in [0.4, 0.5) is 15.8 Å². The van der Waals surface area contributed by atoms with Gasteiger partial charge >= 0.3 is 0 Å². The van der Waals surface area contributed by atoms with Crippen LogP contribution >= 0.6 is 11.3 Å². The van der Waals surface area contributed by atoms with E-state index >= 15 is 0 Å². The van der Waals surface area contributed by atoms with Gasteiger partial charge in [0.05, 0.1) is 17.8 Å². The van der Waals surface area contributed by atoms with Gasteiger partial charge in [-0.3, -0.25) is 9.52 Å². The summed E-state index contributed by atoms with van der Waals surface area (Å²) >= 11 is 1.12. The van der Waals surface area contributed by atoms with Crippen molar-refractivity contribution in [3.8, 4) is 5.69 Å². The van der Waals surface area contributed by atoms with Gasteiger partial charge in [0.25, 0.3) is 10.0 Å². The number of rotatable bonds is 7. The predicted octanol–water partition coefficient (Wildman–Crippen LogP) is 3.15. The Morgan fingerprint density at radius 1 is 1.16 bits per heavy atom. The maximum absolute atomic E-state index is 14.2. The third-order valence-corrected chi connectivity index (χ3v) is 7.20. The first-order valence-corrected chi connectivity index (χ1v) is 11.7. The van der Waals surface area contributed by atoms with Crippen molar-refractivity contribution in [2.45, 2.75) is 17.6 Å². The van der Waals surface area contributed by atoms with Crippen LogP contribution < -0.4 is 10.0 Å². The highest BCUT2D eigenvalue weighted by molar-refractivity contribution is 7.94. The predicted molar refractivity (Wildman–Crippen MR) is 118 cm³/mol. The molecule has 0 spiro atoms. The highest BCUT2D eigenvalue weighted by atomic mass is 32.2. The number of halogens is 1. The van der Waals surface area contributed by atoms with Crippen LogP contribution in [0.25, 0.3) is 5.69 Å². The van der Waals surface area contributed by atoms with E-state index in [1.165, 1.54) is 28.9 Å². The molecule has 0 radical (unpaired) electrons. The number of nitrogens with zero attached hydrogens (tertiary/aromatic N) is 4. The number of tetrazole rings is 1. The molecule has 0 bridgehead atoms. The SMILES string of the molecule is Cc1nnnn1-c1ccc(F)c(NC(=O)Cc2ccc(NS(=O)(=O)c3cccs3)cc2)c1. The molecule has 2 heterocycles. The number of carbonyl (C=O) groups excluding carboxylic acids is 1. The maximum atomic E-state index is 14.2. The fourth-order valence-electron chi connectivity index (χ4n) is 2.90. The second-order valence-corrected chi connectivity index (χ2v) is 9.62. The van der Waals surface area contributed by atoms with Gasteiger partial charge in [-0.05, 0) is 64.7 Å². The quantitative estimate of drug-likeness (QED) is 0.427. The van der Waals surface area contributed by atoms with Gasteiger partial charge in [0.15, 0.2) is 5.82 Å². The van der Waals surface area contributed by atoms with E-state index in [1.54, 1.807) is 42.6 Å². The van der Waals surface area contributed by atoms with E-state index < -0.39 is 21.7 Å². The topological polar surface area (TPSA) is 119 Å². The Kier molecular flexibility index (Phi) is 5.97. The molecule has 12 heteroatoms. The van der Waals surface area contributed by atoms with Gasteiger partial charge < -0.3 is 5.32 Å². The summed E-state index contributed by atoms with van der Waals surface area (Å²) in [6, 6.07) is 13.7. The van der Waals surface area contributed by atoms with Crippen LogP contribution in [0.1, 0.15) is 11.4 Å². The number of nitrogens with one attached hydrogen (secondary N) is 2. The van der Waals surface area contributed by atoms with Crippen LogP contribution in [-0.4, -0.2) is 34.5 Å². The number of aromatic nitrogens is 4. The number of carbonyl (C=O) groups is 1. The fourth-order valence-corrected chi connectivity index (χ4v) is 4.95. The molecule has 2 aromatic carbocycles. The summed E-state index contributed by atoms with van der Waals surface area (Å²) in [5.74, 6) is -0.503. The lowest BCUT2D eigenvalue weighted by atomic mass is 10.1.